The van der Waals surface area contributed by atoms with Crippen molar-refractivity contribution in [3.63, 3.8) is 0 Å². The van der Waals surface area contributed by atoms with Gasteiger partial charge in [0.15, 0.2) is 0 Å². The van der Waals surface area contributed by atoms with E-state index in [0.29, 0.717) is 17.1 Å². The van der Waals surface area contributed by atoms with Crippen molar-refractivity contribution in [2.75, 3.05) is 27.1 Å². The zero-order valence-electron chi connectivity index (χ0n) is 24.8. The Kier molecular flexibility index (Phi) is 9.07. The molecule has 0 aliphatic carbocycles. The second kappa shape index (κ2) is 12.8. The second-order valence-electron chi connectivity index (χ2n) is 10.5. The zero-order chi connectivity index (χ0) is 31.5. The highest BCUT2D eigenvalue weighted by atomic mass is 32.2. The Labute approximate surface area is 255 Å². The standard InChI is InChI=1S/C32H34N2O9S/c1-21-19-34(31(36)33-30(21)35)29-18-27(43-44(4,37)38)28(42-29)20-41-32(22-8-6-5-7-9-22,23-10-14-25(39-2)15-11-23)24-12-16-26(40-3)17-13-24/h5-17,19,27-29H,18,20H2,1-4H3,(H,33,35,36)/t27-,28+,29?/m0/s1. The molecule has 2 heterocycles. The molecule has 1 fully saturated rings. The minimum atomic E-state index is -3.91. The number of aromatic amines is 1. The van der Waals surface area contributed by atoms with Gasteiger partial charge < -0.3 is 18.9 Å². The van der Waals surface area contributed by atoms with Crippen molar-refractivity contribution < 1.29 is 31.5 Å². The second-order valence-corrected chi connectivity index (χ2v) is 12.1. The predicted molar refractivity (Wildman–Crippen MR) is 163 cm³/mol. The third kappa shape index (κ3) is 6.48. The van der Waals surface area contributed by atoms with Crippen molar-refractivity contribution in [3.05, 3.63) is 128 Å². The molecule has 12 heteroatoms. The lowest BCUT2D eigenvalue weighted by atomic mass is 9.80. The van der Waals surface area contributed by atoms with Crippen LogP contribution in [0.2, 0.25) is 0 Å². The summed E-state index contributed by atoms with van der Waals surface area (Å²) in [6.45, 7) is 1.44. The van der Waals surface area contributed by atoms with E-state index < -0.39 is 45.4 Å². The maximum Gasteiger partial charge on any atom is 0.330 e. The fourth-order valence-corrected chi connectivity index (χ4v) is 6.08. The average Bonchev–Trinajstić information content (AvgIpc) is 3.41. The number of H-pyrrole nitrogens is 1. The largest absolute Gasteiger partial charge is 0.497 e. The van der Waals surface area contributed by atoms with E-state index in [1.807, 2.05) is 78.9 Å². The number of hydrogen-bond donors (Lipinski definition) is 1. The maximum absolute atomic E-state index is 12.7. The van der Waals surface area contributed by atoms with Gasteiger partial charge in [-0.15, -0.1) is 0 Å². The number of rotatable bonds is 11. The van der Waals surface area contributed by atoms with Crippen LogP contribution in [0.25, 0.3) is 0 Å². The highest BCUT2D eigenvalue weighted by Gasteiger charge is 2.44. The highest BCUT2D eigenvalue weighted by molar-refractivity contribution is 7.86. The normalized spacial score (nSPS) is 18.7. The summed E-state index contributed by atoms with van der Waals surface area (Å²) in [5.41, 5.74) is 0.269. The molecule has 1 unspecified atom stereocenters. The lowest BCUT2D eigenvalue weighted by Crippen LogP contribution is -2.39. The van der Waals surface area contributed by atoms with Gasteiger partial charge in [0, 0.05) is 18.2 Å². The van der Waals surface area contributed by atoms with Crippen LogP contribution in [0.15, 0.2) is 94.6 Å². The van der Waals surface area contributed by atoms with Crippen molar-refractivity contribution in [3.8, 4) is 11.5 Å². The molecule has 1 aliphatic heterocycles. The van der Waals surface area contributed by atoms with Gasteiger partial charge in [-0.3, -0.25) is 18.5 Å². The van der Waals surface area contributed by atoms with E-state index >= 15 is 0 Å². The lowest BCUT2D eigenvalue weighted by Gasteiger charge is -2.37. The van der Waals surface area contributed by atoms with Crippen molar-refractivity contribution in [1.29, 1.82) is 0 Å². The number of methoxy groups -OCH3 is 2. The van der Waals surface area contributed by atoms with Crippen LogP contribution in [0.5, 0.6) is 11.5 Å². The first-order chi connectivity index (χ1) is 21.0. The smallest absolute Gasteiger partial charge is 0.330 e. The summed E-state index contributed by atoms with van der Waals surface area (Å²) in [7, 11) is -0.730. The fraction of sp³-hybridized carbons (Fsp3) is 0.312. The molecule has 0 spiro atoms. The summed E-state index contributed by atoms with van der Waals surface area (Å²) in [6, 6.07) is 24.6. The Morgan fingerprint density at radius 2 is 1.43 bits per heavy atom. The quantitative estimate of drug-likeness (QED) is 0.197. The van der Waals surface area contributed by atoms with Crippen molar-refractivity contribution in [2.24, 2.45) is 0 Å². The van der Waals surface area contributed by atoms with Crippen molar-refractivity contribution in [1.82, 2.24) is 9.55 Å². The molecule has 44 heavy (non-hydrogen) atoms. The molecule has 0 radical (unpaired) electrons. The summed E-state index contributed by atoms with van der Waals surface area (Å²) < 4.78 is 55.2. The van der Waals surface area contributed by atoms with Gasteiger partial charge in [0.2, 0.25) is 0 Å². The maximum atomic E-state index is 12.7. The van der Waals surface area contributed by atoms with Crippen LogP contribution in [0.1, 0.15) is 34.9 Å². The van der Waals surface area contributed by atoms with Crippen molar-refractivity contribution >= 4 is 10.1 Å². The highest BCUT2D eigenvalue weighted by Crippen LogP contribution is 2.43. The number of benzene rings is 3. The first kappa shape index (κ1) is 31.2. The molecule has 0 saturated carbocycles. The number of nitrogens with one attached hydrogen (secondary N) is 1. The number of ether oxygens (including phenoxy) is 4. The molecule has 3 aromatic carbocycles. The van der Waals surface area contributed by atoms with Crippen LogP contribution in [0.3, 0.4) is 0 Å². The van der Waals surface area contributed by atoms with E-state index in [0.717, 1.165) is 22.9 Å². The predicted octanol–water partition coefficient (Wildman–Crippen LogP) is 3.50. The Balaban J connectivity index is 1.59. The van der Waals surface area contributed by atoms with Crippen molar-refractivity contribution in [2.45, 2.75) is 37.4 Å². The molecule has 3 atom stereocenters. The molecule has 4 aromatic rings. The van der Waals surface area contributed by atoms with Gasteiger partial charge >= 0.3 is 5.69 Å². The summed E-state index contributed by atoms with van der Waals surface area (Å²) in [4.78, 5) is 26.9. The van der Waals surface area contributed by atoms with E-state index in [4.69, 9.17) is 23.1 Å². The zero-order valence-corrected chi connectivity index (χ0v) is 25.6. The molecule has 1 N–H and O–H groups in total. The van der Waals surface area contributed by atoms with Crippen LogP contribution < -0.4 is 20.7 Å². The van der Waals surface area contributed by atoms with Crippen LogP contribution in [-0.4, -0.2) is 57.3 Å². The third-order valence-electron chi connectivity index (χ3n) is 7.57. The molecule has 1 aromatic heterocycles. The van der Waals surface area contributed by atoms with E-state index in [1.54, 1.807) is 21.1 Å². The molecule has 0 amide bonds. The molecule has 1 saturated heterocycles. The van der Waals surface area contributed by atoms with Gasteiger partial charge in [0.25, 0.3) is 15.7 Å². The number of aryl methyl sites for hydroxylation is 1. The van der Waals surface area contributed by atoms with Gasteiger partial charge in [-0.25, -0.2) is 4.79 Å². The molecule has 1 aliphatic rings. The van der Waals surface area contributed by atoms with Crippen LogP contribution in [-0.2, 0) is 29.4 Å². The summed E-state index contributed by atoms with van der Waals surface area (Å²) in [5.74, 6) is 1.33. The molecular formula is C32H34N2O9S. The first-order valence-electron chi connectivity index (χ1n) is 13.9. The van der Waals surface area contributed by atoms with E-state index in [1.165, 1.54) is 10.8 Å². The van der Waals surface area contributed by atoms with Gasteiger partial charge in [-0.05, 0) is 47.9 Å². The number of aromatic nitrogens is 2. The lowest BCUT2D eigenvalue weighted by molar-refractivity contribution is -0.0910. The fourth-order valence-electron chi connectivity index (χ4n) is 5.43. The minimum absolute atomic E-state index is 0.0237. The summed E-state index contributed by atoms with van der Waals surface area (Å²) in [6.07, 6.45) is -0.433. The SMILES string of the molecule is COc1ccc(C(OC[C@H]2OC(n3cc(C)c(=O)[nH]c3=O)C[C@@H]2OS(C)(=O)=O)(c2ccccc2)c2ccc(OC)cc2)cc1. The van der Waals surface area contributed by atoms with Gasteiger partial charge in [0.1, 0.15) is 35.5 Å². The first-order valence-corrected chi connectivity index (χ1v) is 15.7. The van der Waals surface area contributed by atoms with E-state index in [9.17, 15) is 18.0 Å². The van der Waals surface area contributed by atoms with Gasteiger partial charge in [0.05, 0.1) is 27.1 Å². The summed E-state index contributed by atoms with van der Waals surface area (Å²) in [5, 5.41) is 0. The molecule has 5 rings (SSSR count). The van der Waals surface area contributed by atoms with Gasteiger partial charge in [-0.2, -0.15) is 8.42 Å². The molecule has 0 bridgehead atoms. The Morgan fingerprint density at radius 3 is 1.95 bits per heavy atom. The minimum Gasteiger partial charge on any atom is -0.497 e. The molecule has 11 nitrogen and oxygen atoms in total. The van der Waals surface area contributed by atoms with Crippen LogP contribution in [0, 0.1) is 6.92 Å². The number of hydrogen-bond acceptors (Lipinski definition) is 9. The van der Waals surface area contributed by atoms with Crippen LogP contribution in [0.4, 0.5) is 0 Å². The molecular weight excluding hydrogens is 588 g/mol. The Morgan fingerprint density at radius 1 is 0.886 bits per heavy atom. The molecule has 232 valence electrons. The number of nitrogens with zero attached hydrogens (tertiary/aromatic N) is 1. The monoisotopic (exact) mass is 622 g/mol. The Bertz CT molecular complexity index is 1750. The van der Waals surface area contributed by atoms with E-state index in [2.05, 4.69) is 4.98 Å². The third-order valence-corrected chi connectivity index (χ3v) is 8.17. The van der Waals surface area contributed by atoms with E-state index in [-0.39, 0.29) is 13.0 Å². The Hall–Kier alpha value is -4.23. The topological polar surface area (TPSA) is 135 Å². The average molecular weight is 623 g/mol. The van der Waals surface area contributed by atoms with Gasteiger partial charge in [-0.1, -0.05) is 54.6 Å². The van der Waals surface area contributed by atoms with Crippen LogP contribution >= 0.6 is 0 Å². The summed E-state index contributed by atoms with van der Waals surface area (Å²) >= 11 is 0.